The number of aryl methyl sites for hydroxylation is 2. The van der Waals surface area contributed by atoms with Gasteiger partial charge in [0.15, 0.2) is 11.6 Å². The number of esters is 1. The molecule has 2 aromatic carbocycles. The summed E-state index contributed by atoms with van der Waals surface area (Å²) in [6, 6.07) is 7.41. The summed E-state index contributed by atoms with van der Waals surface area (Å²) in [4.78, 5) is 11.6. The molecule has 1 unspecified atom stereocenters. The highest BCUT2D eigenvalue weighted by molar-refractivity contribution is 5.85. The van der Waals surface area contributed by atoms with Crippen LogP contribution in [-0.4, -0.2) is 12.6 Å². The molecule has 0 saturated carbocycles. The first-order chi connectivity index (χ1) is 11.3. The molecule has 0 heterocycles. The number of hydrogen-bond donors (Lipinski definition) is 1. The largest absolute Gasteiger partial charge is 0.466 e. The third-order valence-corrected chi connectivity index (χ3v) is 3.92. The maximum atomic E-state index is 14.2. The molecule has 25 heavy (non-hydrogen) atoms. The number of rotatable bonds is 5. The van der Waals surface area contributed by atoms with E-state index < -0.39 is 23.6 Å². The Morgan fingerprint density at radius 3 is 2.36 bits per heavy atom. The van der Waals surface area contributed by atoms with Gasteiger partial charge in [-0.1, -0.05) is 18.2 Å². The monoisotopic (exact) mass is 369 g/mol. The molecule has 0 aliphatic rings. The molecule has 0 bridgehead atoms. The van der Waals surface area contributed by atoms with E-state index in [4.69, 9.17) is 10.5 Å². The molecule has 0 aromatic heterocycles. The fourth-order valence-electron chi connectivity index (χ4n) is 2.80. The van der Waals surface area contributed by atoms with Crippen molar-refractivity contribution in [3.05, 3.63) is 58.7 Å². The average Bonchev–Trinajstić information content (AvgIpc) is 2.50. The van der Waals surface area contributed by atoms with Gasteiger partial charge in [0.25, 0.3) is 0 Å². The standard InChI is InChI=1S/C19H21F2NO2.ClH/c1-4-24-17(23)10-16(22)14-8-13(9-15(20)19(14)21)18-11(2)6-5-7-12(18)3;/h5-9,16H,4,10,22H2,1-3H3;1H. The molecule has 2 rings (SSSR count). The van der Waals surface area contributed by atoms with Crippen molar-refractivity contribution < 1.29 is 18.3 Å². The summed E-state index contributed by atoms with van der Waals surface area (Å²) in [5.41, 5.74) is 9.16. The van der Waals surface area contributed by atoms with Crippen LogP contribution in [0.1, 0.15) is 36.1 Å². The van der Waals surface area contributed by atoms with Crippen molar-refractivity contribution in [2.75, 3.05) is 6.61 Å². The van der Waals surface area contributed by atoms with Crippen molar-refractivity contribution in [3.63, 3.8) is 0 Å². The quantitative estimate of drug-likeness (QED) is 0.782. The molecule has 0 fully saturated rings. The number of nitrogens with two attached hydrogens (primary N) is 1. The van der Waals surface area contributed by atoms with E-state index in [2.05, 4.69) is 0 Å². The Balaban J connectivity index is 0.00000312. The number of carbonyl (C=O) groups excluding carboxylic acids is 1. The van der Waals surface area contributed by atoms with Gasteiger partial charge in [-0.25, -0.2) is 8.78 Å². The van der Waals surface area contributed by atoms with Crippen molar-refractivity contribution in [1.82, 2.24) is 0 Å². The van der Waals surface area contributed by atoms with Crippen LogP contribution in [-0.2, 0) is 9.53 Å². The molecule has 0 radical (unpaired) electrons. The van der Waals surface area contributed by atoms with Gasteiger partial charge in [0, 0.05) is 11.6 Å². The smallest absolute Gasteiger partial charge is 0.307 e. The summed E-state index contributed by atoms with van der Waals surface area (Å²) in [5, 5.41) is 0. The van der Waals surface area contributed by atoms with E-state index in [9.17, 15) is 13.6 Å². The maximum absolute atomic E-state index is 14.2. The molecule has 0 aliphatic heterocycles. The number of hydrogen-bond acceptors (Lipinski definition) is 3. The second-order valence-electron chi connectivity index (χ2n) is 5.74. The van der Waals surface area contributed by atoms with Crippen LogP contribution in [0.15, 0.2) is 30.3 Å². The van der Waals surface area contributed by atoms with Gasteiger partial charge in [-0.2, -0.15) is 0 Å². The first kappa shape index (κ1) is 21.1. The first-order valence-corrected chi connectivity index (χ1v) is 7.81. The predicted molar refractivity (Wildman–Crippen MR) is 96.7 cm³/mol. The Labute approximate surface area is 152 Å². The highest BCUT2D eigenvalue weighted by atomic mass is 35.5. The highest BCUT2D eigenvalue weighted by Gasteiger charge is 2.21. The summed E-state index contributed by atoms with van der Waals surface area (Å²) in [7, 11) is 0. The maximum Gasteiger partial charge on any atom is 0.307 e. The van der Waals surface area contributed by atoms with E-state index in [0.29, 0.717) is 5.56 Å². The second kappa shape index (κ2) is 8.92. The van der Waals surface area contributed by atoms with Gasteiger partial charge in [0.2, 0.25) is 0 Å². The fraction of sp³-hybridized carbons (Fsp3) is 0.316. The van der Waals surface area contributed by atoms with Gasteiger partial charge in [0.05, 0.1) is 13.0 Å². The van der Waals surface area contributed by atoms with E-state index in [1.54, 1.807) is 6.92 Å². The van der Waals surface area contributed by atoms with Crippen molar-refractivity contribution in [1.29, 1.82) is 0 Å². The molecule has 0 amide bonds. The molecule has 0 aliphatic carbocycles. The first-order valence-electron chi connectivity index (χ1n) is 7.81. The summed E-state index contributed by atoms with van der Waals surface area (Å²) in [5.74, 6) is -2.55. The molecular weight excluding hydrogens is 348 g/mol. The molecular formula is C19H22ClF2NO2. The van der Waals surface area contributed by atoms with Crippen molar-refractivity contribution in [3.8, 4) is 11.1 Å². The van der Waals surface area contributed by atoms with Gasteiger partial charge < -0.3 is 10.5 Å². The van der Waals surface area contributed by atoms with Crippen molar-refractivity contribution >= 4 is 18.4 Å². The number of benzene rings is 2. The molecule has 1 atom stereocenters. The van der Waals surface area contributed by atoms with Crippen molar-refractivity contribution in [2.24, 2.45) is 5.73 Å². The zero-order valence-corrected chi connectivity index (χ0v) is 15.3. The van der Waals surface area contributed by atoms with Gasteiger partial charge >= 0.3 is 5.97 Å². The average molecular weight is 370 g/mol. The lowest BCUT2D eigenvalue weighted by Crippen LogP contribution is -2.19. The van der Waals surface area contributed by atoms with E-state index in [1.807, 2.05) is 32.0 Å². The van der Waals surface area contributed by atoms with E-state index >= 15 is 0 Å². The predicted octanol–water partition coefficient (Wildman–Crippen LogP) is 4.62. The Bertz CT molecular complexity index is 745. The Morgan fingerprint density at radius 2 is 1.80 bits per heavy atom. The lowest BCUT2D eigenvalue weighted by atomic mass is 9.92. The summed E-state index contributed by atoms with van der Waals surface area (Å²) in [6.45, 7) is 5.69. The van der Waals surface area contributed by atoms with Crippen LogP contribution in [0.3, 0.4) is 0 Å². The minimum absolute atomic E-state index is 0. The zero-order chi connectivity index (χ0) is 17.9. The van der Waals surface area contributed by atoms with Crippen LogP contribution in [0.4, 0.5) is 8.78 Å². The van der Waals surface area contributed by atoms with E-state index in [0.717, 1.165) is 22.8 Å². The van der Waals surface area contributed by atoms with Crippen LogP contribution in [0.5, 0.6) is 0 Å². The number of halogens is 3. The van der Waals surface area contributed by atoms with Crippen molar-refractivity contribution in [2.45, 2.75) is 33.2 Å². The van der Waals surface area contributed by atoms with Gasteiger partial charge in [-0.3, -0.25) is 4.79 Å². The highest BCUT2D eigenvalue weighted by Crippen LogP contribution is 2.32. The topological polar surface area (TPSA) is 52.3 Å². The molecule has 0 saturated heterocycles. The van der Waals surface area contributed by atoms with E-state index in [1.165, 1.54) is 6.07 Å². The van der Waals surface area contributed by atoms with Crippen LogP contribution < -0.4 is 5.73 Å². The normalized spacial score (nSPS) is 11.6. The fourth-order valence-corrected chi connectivity index (χ4v) is 2.80. The Morgan fingerprint density at radius 1 is 1.20 bits per heavy atom. The van der Waals surface area contributed by atoms with Crippen LogP contribution in [0.25, 0.3) is 11.1 Å². The summed E-state index contributed by atoms with van der Waals surface area (Å²) in [6.07, 6.45) is -0.208. The van der Waals surface area contributed by atoms with Gasteiger partial charge in [0.1, 0.15) is 0 Å². The third kappa shape index (κ3) is 4.77. The zero-order valence-electron chi connectivity index (χ0n) is 14.4. The lowest BCUT2D eigenvalue weighted by Gasteiger charge is -2.16. The van der Waals surface area contributed by atoms with E-state index in [-0.39, 0.29) is 31.0 Å². The summed E-state index contributed by atoms with van der Waals surface area (Å²) >= 11 is 0. The van der Waals surface area contributed by atoms with Gasteiger partial charge in [-0.15, -0.1) is 12.4 Å². The van der Waals surface area contributed by atoms with Crippen LogP contribution in [0, 0.1) is 25.5 Å². The summed E-state index contributed by atoms with van der Waals surface area (Å²) < 4.78 is 33.1. The number of carbonyl (C=O) groups is 1. The van der Waals surface area contributed by atoms with Crippen LogP contribution >= 0.6 is 12.4 Å². The second-order valence-corrected chi connectivity index (χ2v) is 5.74. The Hall–Kier alpha value is -1.98. The molecule has 2 aromatic rings. The molecule has 2 N–H and O–H groups in total. The van der Waals surface area contributed by atoms with Crippen LogP contribution in [0.2, 0.25) is 0 Å². The SMILES string of the molecule is CCOC(=O)CC(N)c1cc(-c2c(C)cccc2C)cc(F)c1F.Cl. The molecule has 6 heteroatoms. The lowest BCUT2D eigenvalue weighted by molar-refractivity contribution is -0.143. The molecule has 3 nitrogen and oxygen atoms in total. The Kier molecular flexibility index (Phi) is 7.52. The van der Waals surface area contributed by atoms with Gasteiger partial charge in [-0.05, 0) is 55.2 Å². The molecule has 136 valence electrons. The number of ether oxygens (including phenoxy) is 1. The molecule has 0 spiro atoms. The minimum Gasteiger partial charge on any atom is -0.466 e. The third-order valence-electron chi connectivity index (χ3n) is 3.92. The minimum atomic E-state index is -1.03.